The fourth-order valence-corrected chi connectivity index (χ4v) is 3.50. The highest BCUT2D eigenvalue weighted by molar-refractivity contribution is 5.91. The number of carbonyl (C=O) groups excluding carboxylic acids is 2. The molecule has 6 nitrogen and oxygen atoms in total. The van der Waals surface area contributed by atoms with Crippen molar-refractivity contribution < 1.29 is 19.2 Å². The molecule has 1 saturated heterocycles. The van der Waals surface area contributed by atoms with Crippen molar-refractivity contribution in [3.8, 4) is 5.75 Å². The summed E-state index contributed by atoms with van der Waals surface area (Å²) in [5.41, 5.74) is 0.696. The molecule has 2 N–H and O–H groups in total. The van der Waals surface area contributed by atoms with Gasteiger partial charge in [0.2, 0.25) is 0 Å². The van der Waals surface area contributed by atoms with E-state index in [-0.39, 0.29) is 30.4 Å². The zero-order valence-corrected chi connectivity index (χ0v) is 15.7. The molecule has 1 fully saturated rings. The summed E-state index contributed by atoms with van der Waals surface area (Å²) in [5.74, 6) is 0.714. The number of hydrogen-bond acceptors (Lipinski definition) is 3. The van der Waals surface area contributed by atoms with Gasteiger partial charge in [-0.2, -0.15) is 0 Å². The maximum atomic E-state index is 12.6. The molecule has 0 saturated carbocycles. The summed E-state index contributed by atoms with van der Waals surface area (Å²) in [6.45, 7) is 4.80. The Hall–Kier alpha value is -2.08. The maximum absolute atomic E-state index is 12.6. The van der Waals surface area contributed by atoms with Crippen molar-refractivity contribution in [1.82, 2.24) is 4.90 Å². The number of ether oxygens (including phenoxy) is 1. The Morgan fingerprint density at radius 2 is 1.92 bits per heavy atom. The predicted molar refractivity (Wildman–Crippen MR) is 97.9 cm³/mol. The van der Waals surface area contributed by atoms with Gasteiger partial charge in [0.25, 0.3) is 11.8 Å². The van der Waals surface area contributed by atoms with Crippen LogP contribution in [0.3, 0.4) is 0 Å². The van der Waals surface area contributed by atoms with E-state index in [1.165, 1.54) is 6.42 Å². The van der Waals surface area contributed by atoms with Crippen molar-refractivity contribution in [2.75, 3.05) is 32.6 Å². The summed E-state index contributed by atoms with van der Waals surface area (Å²) in [4.78, 5) is 27.7. The molecule has 0 bridgehead atoms. The number of hydrogen-bond donors (Lipinski definition) is 2. The number of methoxy groups -OCH3 is 1. The first kappa shape index (κ1) is 19.2. The van der Waals surface area contributed by atoms with E-state index in [9.17, 15) is 9.59 Å². The first-order chi connectivity index (χ1) is 11.9. The lowest BCUT2D eigenvalue weighted by atomic mass is 9.97. The topological polar surface area (TPSA) is 63.1 Å². The lowest BCUT2D eigenvalue weighted by Crippen LogP contribution is -3.11. The van der Waals surface area contributed by atoms with Crippen molar-refractivity contribution >= 4 is 17.5 Å². The van der Waals surface area contributed by atoms with E-state index in [2.05, 4.69) is 19.2 Å². The van der Waals surface area contributed by atoms with Gasteiger partial charge in [0, 0.05) is 23.8 Å². The summed E-state index contributed by atoms with van der Waals surface area (Å²) in [7, 11) is 3.47. The Morgan fingerprint density at radius 3 is 2.56 bits per heavy atom. The highest BCUT2D eigenvalue weighted by Gasteiger charge is 2.30. The van der Waals surface area contributed by atoms with Gasteiger partial charge in [0.05, 0.1) is 14.2 Å². The van der Waals surface area contributed by atoms with Crippen LogP contribution in [0.4, 0.5) is 5.69 Å². The minimum atomic E-state index is -0.113. The summed E-state index contributed by atoms with van der Waals surface area (Å²) in [6.07, 6.45) is 3.30. The number of quaternary nitrogens is 1. The monoisotopic (exact) mass is 348 g/mol. The van der Waals surface area contributed by atoms with Crippen LogP contribution in [0.15, 0.2) is 24.3 Å². The van der Waals surface area contributed by atoms with Crippen molar-refractivity contribution in [2.24, 2.45) is 0 Å². The molecule has 6 heteroatoms. The number of rotatable bonds is 6. The van der Waals surface area contributed by atoms with Crippen LogP contribution in [0.5, 0.6) is 5.75 Å². The third-order valence-electron chi connectivity index (χ3n) is 4.75. The van der Waals surface area contributed by atoms with Crippen molar-refractivity contribution in [3.63, 3.8) is 0 Å². The minimum Gasteiger partial charge on any atom is -0.497 e. The molecule has 3 atom stereocenters. The third kappa shape index (κ3) is 5.46. The summed E-state index contributed by atoms with van der Waals surface area (Å²) >= 11 is 0. The van der Waals surface area contributed by atoms with Crippen LogP contribution in [0, 0.1) is 0 Å². The second-order valence-corrected chi connectivity index (χ2v) is 7.02. The van der Waals surface area contributed by atoms with Gasteiger partial charge in [-0.1, -0.05) is 6.07 Å². The van der Waals surface area contributed by atoms with Crippen molar-refractivity contribution in [1.29, 1.82) is 0 Å². The summed E-state index contributed by atoms with van der Waals surface area (Å²) in [5, 5.41) is 2.85. The molecular weight excluding hydrogens is 318 g/mol. The van der Waals surface area contributed by atoms with Crippen LogP contribution in [-0.2, 0) is 9.59 Å². The molecule has 0 radical (unpaired) electrons. The SMILES string of the molecule is COc1cccc(NC(=O)C[NH+](C)CC(=O)N2[C@H](C)CCC[C@@H]2C)c1. The number of piperidine rings is 1. The minimum absolute atomic E-state index is 0.113. The zero-order chi connectivity index (χ0) is 18.4. The highest BCUT2D eigenvalue weighted by atomic mass is 16.5. The molecule has 1 aliphatic heterocycles. The number of amides is 2. The Morgan fingerprint density at radius 1 is 1.24 bits per heavy atom. The number of likely N-dealkylation sites (N-methyl/N-ethyl adjacent to an activating group) is 1. The Labute approximate surface area is 150 Å². The van der Waals surface area contributed by atoms with Crippen LogP contribution in [0.1, 0.15) is 33.1 Å². The van der Waals surface area contributed by atoms with Crippen LogP contribution in [0.2, 0.25) is 0 Å². The van der Waals surface area contributed by atoms with Gasteiger partial charge in [-0.15, -0.1) is 0 Å². The fraction of sp³-hybridized carbons (Fsp3) is 0.579. The van der Waals surface area contributed by atoms with Gasteiger partial charge >= 0.3 is 0 Å². The van der Waals surface area contributed by atoms with Gasteiger partial charge in [-0.05, 0) is 45.2 Å². The highest BCUT2D eigenvalue weighted by Crippen LogP contribution is 2.22. The Balaban J connectivity index is 1.85. The van der Waals surface area contributed by atoms with Gasteiger partial charge in [-0.25, -0.2) is 0 Å². The zero-order valence-electron chi connectivity index (χ0n) is 15.7. The van der Waals surface area contributed by atoms with E-state index in [0.717, 1.165) is 17.7 Å². The van der Waals surface area contributed by atoms with Crippen molar-refractivity contribution in [3.05, 3.63) is 24.3 Å². The van der Waals surface area contributed by atoms with Gasteiger partial charge < -0.3 is 19.9 Å². The van der Waals surface area contributed by atoms with Crippen LogP contribution < -0.4 is 15.0 Å². The van der Waals surface area contributed by atoms with Gasteiger partial charge in [0.1, 0.15) is 5.75 Å². The molecule has 0 aliphatic carbocycles. The number of benzene rings is 1. The third-order valence-corrected chi connectivity index (χ3v) is 4.75. The Bertz CT molecular complexity index is 595. The largest absolute Gasteiger partial charge is 0.497 e. The van der Waals surface area contributed by atoms with E-state index in [4.69, 9.17) is 4.74 Å². The molecule has 2 rings (SSSR count). The molecule has 0 aromatic heterocycles. The number of carbonyl (C=O) groups is 2. The molecule has 0 spiro atoms. The summed E-state index contributed by atoms with van der Waals surface area (Å²) < 4.78 is 5.15. The van der Waals surface area contributed by atoms with Gasteiger partial charge in [0.15, 0.2) is 13.1 Å². The smallest absolute Gasteiger partial charge is 0.279 e. The molecule has 138 valence electrons. The number of nitrogens with zero attached hydrogens (tertiary/aromatic N) is 1. The predicted octanol–water partition coefficient (Wildman–Crippen LogP) is 0.938. The lowest BCUT2D eigenvalue weighted by molar-refractivity contribution is -0.862. The molecule has 1 aliphatic rings. The molecular formula is C19H30N3O3+. The van der Waals surface area contributed by atoms with E-state index in [1.54, 1.807) is 13.2 Å². The summed E-state index contributed by atoms with van der Waals surface area (Å²) in [6, 6.07) is 7.82. The fourth-order valence-electron chi connectivity index (χ4n) is 3.50. The molecule has 1 aromatic carbocycles. The van der Waals surface area contributed by atoms with E-state index in [0.29, 0.717) is 18.0 Å². The number of anilines is 1. The molecule has 1 aromatic rings. The lowest BCUT2D eigenvalue weighted by Gasteiger charge is -2.39. The molecule has 1 heterocycles. The molecule has 1 unspecified atom stereocenters. The van der Waals surface area contributed by atoms with Crippen LogP contribution >= 0.6 is 0 Å². The first-order valence-electron chi connectivity index (χ1n) is 8.97. The quantitative estimate of drug-likeness (QED) is 0.804. The average molecular weight is 348 g/mol. The maximum Gasteiger partial charge on any atom is 0.279 e. The van der Waals surface area contributed by atoms with Crippen LogP contribution in [0.25, 0.3) is 0 Å². The van der Waals surface area contributed by atoms with Crippen LogP contribution in [-0.4, -0.2) is 56.0 Å². The first-order valence-corrected chi connectivity index (χ1v) is 8.97. The number of nitrogens with one attached hydrogen (secondary N) is 2. The second-order valence-electron chi connectivity index (χ2n) is 7.02. The average Bonchev–Trinajstić information content (AvgIpc) is 2.54. The Kier molecular flexibility index (Phi) is 6.82. The number of likely N-dealkylation sites (tertiary alicyclic amines) is 1. The molecule has 2 amide bonds. The standard InChI is InChI=1S/C19H29N3O3/c1-14-7-5-8-15(2)22(14)19(24)13-21(3)12-18(23)20-16-9-6-10-17(11-16)25-4/h6,9-11,14-15H,5,7-8,12-13H2,1-4H3,(H,20,23)/p+1/t14-,15+. The van der Waals surface area contributed by atoms with Crippen molar-refractivity contribution in [2.45, 2.75) is 45.2 Å². The normalized spacial score (nSPS) is 21.5. The van der Waals surface area contributed by atoms with E-state index < -0.39 is 0 Å². The van der Waals surface area contributed by atoms with E-state index in [1.807, 2.05) is 30.1 Å². The van der Waals surface area contributed by atoms with Gasteiger partial charge in [-0.3, -0.25) is 9.59 Å². The molecule has 25 heavy (non-hydrogen) atoms. The second kappa shape index (κ2) is 8.85. The van der Waals surface area contributed by atoms with E-state index >= 15 is 0 Å².